The van der Waals surface area contributed by atoms with Crippen LogP contribution in [0.25, 0.3) is 11.3 Å². The van der Waals surface area contributed by atoms with Gasteiger partial charge >= 0.3 is 0 Å². The van der Waals surface area contributed by atoms with E-state index < -0.39 is 6.04 Å². The van der Waals surface area contributed by atoms with Crippen LogP contribution in [-0.2, 0) is 4.79 Å². The van der Waals surface area contributed by atoms with Crippen LogP contribution >= 0.6 is 0 Å². The molecule has 27 heavy (non-hydrogen) atoms. The summed E-state index contributed by atoms with van der Waals surface area (Å²) in [5.41, 5.74) is 0.702. The van der Waals surface area contributed by atoms with Crippen molar-refractivity contribution in [2.45, 2.75) is 13.0 Å². The summed E-state index contributed by atoms with van der Waals surface area (Å²) in [6.45, 7) is 1.58. The Hall–Kier alpha value is -3.35. The van der Waals surface area contributed by atoms with Crippen LogP contribution < -0.4 is 14.8 Å². The highest BCUT2D eigenvalue weighted by molar-refractivity contribution is 5.78. The zero-order chi connectivity index (χ0) is 19.2. The Labute approximate surface area is 155 Å². The fourth-order valence-corrected chi connectivity index (χ4v) is 2.46. The second-order valence-electron chi connectivity index (χ2n) is 5.80. The van der Waals surface area contributed by atoms with Gasteiger partial charge in [-0.25, -0.2) is 9.37 Å². The first-order chi connectivity index (χ1) is 13.1. The van der Waals surface area contributed by atoms with E-state index in [-0.39, 0.29) is 18.3 Å². The van der Waals surface area contributed by atoms with Gasteiger partial charge in [0.25, 0.3) is 5.91 Å². The highest BCUT2D eigenvalue weighted by atomic mass is 19.1. The van der Waals surface area contributed by atoms with Crippen molar-refractivity contribution < 1.29 is 23.1 Å². The van der Waals surface area contributed by atoms with Gasteiger partial charge in [-0.15, -0.1) is 0 Å². The molecule has 6 nitrogen and oxygen atoms in total. The standard InChI is InChI=1S/C20H19FN2O4/c1-13(20-22-11-18(27-20)14-7-9-15(21)10-8-14)23-19(24)12-26-17-6-4-3-5-16(17)25-2/h3-11,13H,12H2,1-2H3,(H,23,24). The predicted molar refractivity (Wildman–Crippen MR) is 96.9 cm³/mol. The number of nitrogens with zero attached hydrogens (tertiary/aromatic N) is 1. The normalized spacial score (nSPS) is 11.7. The number of carbonyl (C=O) groups is 1. The van der Waals surface area contributed by atoms with Crippen LogP contribution in [-0.4, -0.2) is 24.6 Å². The third-order valence-electron chi connectivity index (χ3n) is 3.83. The molecule has 0 saturated carbocycles. The fraction of sp³-hybridized carbons (Fsp3) is 0.200. The largest absolute Gasteiger partial charge is 0.493 e. The van der Waals surface area contributed by atoms with Crippen LogP contribution in [0, 0.1) is 5.82 Å². The van der Waals surface area contributed by atoms with Gasteiger partial charge < -0.3 is 19.2 Å². The maximum atomic E-state index is 13.0. The zero-order valence-corrected chi connectivity index (χ0v) is 14.9. The molecule has 1 N–H and O–H groups in total. The highest BCUT2D eigenvalue weighted by Crippen LogP contribution is 2.26. The molecule has 0 fully saturated rings. The Balaban J connectivity index is 1.57. The van der Waals surface area contributed by atoms with Crippen LogP contribution in [0.5, 0.6) is 11.5 Å². The summed E-state index contributed by atoms with van der Waals surface area (Å²) in [6.07, 6.45) is 1.54. The lowest BCUT2D eigenvalue weighted by atomic mass is 10.2. The first-order valence-corrected chi connectivity index (χ1v) is 8.33. The van der Waals surface area contributed by atoms with E-state index in [0.29, 0.717) is 28.7 Å². The van der Waals surface area contributed by atoms with Crippen molar-refractivity contribution in [1.29, 1.82) is 0 Å². The van der Waals surface area contributed by atoms with E-state index >= 15 is 0 Å². The summed E-state index contributed by atoms with van der Waals surface area (Å²) in [5.74, 6) is 1.23. The summed E-state index contributed by atoms with van der Waals surface area (Å²) in [7, 11) is 1.53. The molecule has 0 radical (unpaired) electrons. The van der Waals surface area contributed by atoms with E-state index in [2.05, 4.69) is 10.3 Å². The van der Waals surface area contributed by atoms with Crippen LogP contribution in [0.4, 0.5) is 4.39 Å². The summed E-state index contributed by atoms with van der Waals surface area (Å²) in [6, 6.07) is 12.5. The number of aromatic nitrogens is 1. The molecular formula is C20H19FN2O4. The van der Waals surface area contributed by atoms with Gasteiger partial charge in [0.2, 0.25) is 5.89 Å². The molecule has 0 aliphatic rings. The quantitative estimate of drug-likeness (QED) is 0.686. The van der Waals surface area contributed by atoms with Crippen molar-refractivity contribution in [2.24, 2.45) is 0 Å². The number of nitrogens with one attached hydrogen (secondary N) is 1. The third-order valence-corrected chi connectivity index (χ3v) is 3.83. The fourth-order valence-electron chi connectivity index (χ4n) is 2.46. The number of ether oxygens (including phenoxy) is 2. The van der Waals surface area contributed by atoms with E-state index in [1.165, 1.54) is 25.4 Å². The van der Waals surface area contributed by atoms with Crippen LogP contribution in [0.15, 0.2) is 59.1 Å². The van der Waals surface area contributed by atoms with Gasteiger partial charge in [0.05, 0.1) is 13.3 Å². The summed E-state index contributed by atoms with van der Waals surface area (Å²) in [4.78, 5) is 16.3. The Kier molecular flexibility index (Phi) is 5.71. The van der Waals surface area contributed by atoms with Gasteiger partial charge in [-0.1, -0.05) is 12.1 Å². The molecule has 1 amide bonds. The predicted octanol–water partition coefficient (Wildman–Crippen LogP) is 3.75. The summed E-state index contributed by atoms with van der Waals surface area (Å²) >= 11 is 0. The molecule has 0 saturated heterocycles. The molecule has 7 heteroatoms. The molecule has 3 aromatic rings. The van der Waals surface area contributed by atoms with Gasteiger partial charge in [0.15, 0.2) is 23.9 Å². The molecule has 1 aromatic heterocycles. The molecule has 0 aliphatic heterocycles. The van der Waals surface area contributed by atoms with Crippen LogP contribution in [0.1, 0.15) is 18.9 Å². The summed E-state index contributed by atoms with van der Waals surface area (Å²) < 4.78 is 29.3. The first-order valence-electron chi connectivity index (χ1n) is 8.33. The van der Waals surface area contributed by atoms with Crippen LogP contribution in [0.3, 0.4) is 0 Å². The van der Waals surface area contributed by atoms with Gasteiger partial charge in [-0.05, 0) is 43.3 Å². The van der Waals surface area contributed by atoms with E-state index in [0.717, 1.165) is 0 Å². The molecule has 1 atom stereocenters. The molecule has 1 unspecified atom stereocenters. The minimum Gasteiger partial charge on any atom is -0.493 e. The Morgan fingerprint density at radius 3 is 2.59 bits per heavy atom. The number of hydrogen-bond acceptors (Lipinski definition) is 5. The SMILES string of the molecule is COc1ccccc1OCC(=O)NC(C)c1ncc(-c2ccc(F)cc2)o1. The number of hydrogen-bond donors (Lipinski definition) is 1. The lowest BCUT2D eigenvalue weighted by molar-refractivity contribution is -0.123. The Bertz CT molecular complexity index is 908. The highest BCUT2D eigenvalue weighted by Gasteiger charge is 2.16. The molecule has 2 aromatic carbocycles. The lowest BCUT2D eigenvalue weighted by Crippen LogP contribution is -2.31. The zero-order valence-electron chi connectivity index (χ0n) is 14.9. The van der Waals surface area contributed by atoms with Crippen molar-refractivity contribution in [2.75, 3.05) is 13.7 Å². The minimum absolute atomic E-state index is 0.170. The van der Waals surface area contributed by atoms with E-state index in [1.807, 2.05) is 6.07 Å². The molecule has 0 spiro atoms. The number of rotatable bonds is 7. The van der Waals surface area contributed by atoms with E-state index in [9.17, 15) is 9.18 Å². The third kappa shape index (κ3) is 4.63. The topological polar surface area (TPSA) is 73.6 Å². The number of methoxy groups -OCH3 is 1. The number of carbonyl (C=O) groups excluding carboxylic acids is 1. The minimum atomic E-state index is -0.451. The van der Waals surface area contributed by atoms with Crippen molar-refractivity contribution in [1.82, 2.24) is 10.3 Å². The van der Waals surface area contributed by atoms with Gasteiger partial charge in [-0.3, -0.25) is 4.79 Å². The van der Waals surface area contributed by atoms with Gasteiger partial charge in [0.1, 0.15) is 11.9 Å². The van der Waals surface area contributed by atoms with Crippen LogP contribution in [0.2, 0.25) is 0 Å². The van der Waals surface area contributed by atoms with E-state index in [4.69, 9.17) is 13.9 Å². The first kappa shape index (κ1) is 18.4. The number of amides is 1. The van der Waals surface area contributed by atoms with Crippen molar-refractivity contribution >= 4 is 5.91 Å². The van der Waals surface area contributed by atoms with Crippen molar-refractivity contribution in [3.63, 3.8) is 0 Å². The Morgan fingerprint density at radius 1 is 1.19 bits per heavy atom. The second-order valence-corrected chi connectivity index (χ2v) is 5.80. The van der Waals surface area contributed by atoms with Crippen molar-refractivity contribution in [3.8, 4) is 22.8 Å². The molecule has 140 valence electrons. The monoisotopic (exact) mass is 370 g/mol. The average molecular weight is 370 g/mol. The second kappa shape index (κ2) is 8.35. The smallest absolute Gasteiger partial charge is 0.258 e. The summed E-state index contributed by atoms with van der Waals surface area (Å²) in [5, 5.41) is 2.76. The van der Waals surface area contributed by atoms with E-state index in [1.54, 1.807) is 37.3 Å². The molecule has 0 aliphatic carbocycles. The number of benzene rings is 2. The maximum Gasteiger partial charge on any atom is 0.258 e. The lowest BCUT2D eigenvalue weighted by Gasteiger charge is -2.13. The Morgan fingerprint density at radius 2 is 1.89 bits per heavy atom. The number of halogens is 1. The van der Waals surface area contributed by atoms with Gasteiger partial charge in [-0.2, -0.15) is 0 Å². The molecule has 1 heterocycles. The molecule has 0 bridgehead atoms. The molecular weight excluding hydrogens is 351 g/mol. The maximum absolute atomic E-state index is 13.0. The number of para-hydroxylation sites is 2. The van der Waals surface area contributed by atoms with Gasteiger partial charge in [0, 0.05) is 5.56 Å². The average Bonchev–Trinajstić information content (AvgIpc) is 3.17. The number of oxazole rings is 1. The molecule has 3 rings (SSSR count). The van der Waals surface area contributed by atoms with Crippen molar-refractivity contribution in [3.05, 3.63) is 66.4 Å².